The molecule has 0 amide bonds. The van der Waals surface area contributed by atoms with Gasteiger partial charge in [0.15, 0.2) is 0 Å². The van der Waals surface area contributed by atoms with E-state index in [-0.39, 0.29) is 0 Å². The Morgan fingerprint density at radius 2 is 1.57 bits per heavy atom. The fraction of sp³-hybridized carbons (Fsp3) is 0.0769. The van der Waals surface area contributed by atoms with Crippen molar-refractivity contribution >= 4 is 11.4 Å². The maximum absolute atomic E-state index is 5.11. The minimum atomic E-state index is 0.995. The van der Waals surface area contributed by atoms with Crippen LogP contribution in [0.1, 0.15) is 27.8 Å². The Bertz CT molecular complexity index is 1300. The number of aliphatic imine (C=N–C) groups is 1. The third-order valence-electron chi connectivity index (χ3n) is 5.77. The molecule has 0 radical (unpaired) electrons. The van der Waals surface area contributed by atoms with Crippen molar-refractivity contribution < 1.29 is 0 Å². The quantitative estimate of drug-likeness (QED) is 0.348. The van der Waals surface area contributed by atoms with E-state index in [9.17, 15) is 0 Å². The summed E-state index contributed by atoms with van der Waals surface area (Å²) in [6, 6.07) is 25.9. The number of aryl methyl sites for hydroxylation is 1. The van der Waals surface area contributed by atoms with Gasteiger partial charge in [0.1, 0.15) is 0 Å². The first kappa shape index (κ1) is 15.5. The Morgan fingerprint density at radius 3 is 2.54 bits per heavy atom. The second kappa shape index (κ2) is 5.74. The third-order valence-corrected chi connectivity index (χ3v) is 5.77. The zero-order valence-electron chi connectivity index (χ0n) is 15.6. The van der Waals surface area contributed by atoms with Crippen molar-refractivity contribution in [3.05, 3.63) is 107 Å². The molecule has 1 heterocycles. The van der Waals surface area contributed by atoms with Crippen LogP contribution in [0.15, 0.2) is 84.0 Å². The SMILES string of the molecule is Cc1ccc2c(c1)C(=Nc1ccc3c(c1)-c1ccccc1C3)c1cccnc1-2. The van der Waals surface area contributed by atoms with Crippen LogP contribution < -0.4 is 0 Å². The molecule has 0 spiro atoms. The largest absolute Gasteiger partial charge is 0.256 e. The fourth-order valence-electron chi connectivity index (χ4n) is 4.45. The van der Waals surface area contributed by atoms with Gasteiger partial charge in [-0.15, -0.1) is 0 Å². The average Bonchev–Trinajstić information content (AvgIpc) is 3.24. The fourth-order valence-corrected chi connectivity index (χ4v) is 4.45. The lowest BCUT2D eigenvalue weighted by Crippen LogP contribution is -1.98. The van der Waals surface area contributed by atoms with Crippen molar-refractivity contribution in [2.24, 2.45) is 4.99 Å². The van der Waals surface area contributed by atoms with E-state index in [1.165, 1.54) is 38.9 Å². The van der Waals surface area contributed by atoms with Gasteiger partial charge in [-0.2, -0.15) is 0 Å². The van der Waals surface area contributed by atoms with Crippen molar-refractivity contribution in [1.82, 2.24) is 4.98 Å². The van der Waals surface area contributed by atoms with Gasteiger partial charge in [0.25, 0.3) is 0 Å². The second-order valence-corrected chi connectivity index (χ2v) is 7.58. The molecule has 2 heteroatoms. The molecule has 0 atom stereocenters. The standard InChI is InChI=1S/C26H18N2/c1-16-8-11-21-24(13-16)26(22-7-4-12-27-25(21)22)28-19-10-9-18-14-17-5-2-3-6-20(17)23(18)15-19/h2-13,15H,14H2,1H3. The Balaban J connectivity index is 1.54. The lowest BCUT2D eigenvalue weighted by Gasteiger charge is -2.06. The second-order valence-electron chi connectivity index (χ2n) is 7.58. The summed E-state index contributed by atoms with van der Waals surface area (Å²) in [7, 11) is 0. The van der Waals surface area contributed by atoms with Crippen molar-refractivity contribution in [2.45, 2.75) is 13.3 Å². The van der Waals surface area contributed by atoms with Crippen LogP contribution in [0.5, 0.6) is 0 Å². The third kappa shape index (κ3) is 2.21. The molecule has 0 saturated heterocycles. The zero-order chi connectivity index (χ0) is 18.7. The monoisotopic (exact) mass is 358 g/mol. The van der Waals surface area contributed by atoms with Crippen LogP contribution in [0.25, 0.3) is 22.4 Å². The van der Waals surface area contributed by atoms with E-state index >= 15 is 0 Å². The van der Waals surface area contributed by atoms with Gasteiger partial charge in [-0.3, -0.25) is 4.98 Å². The van der Waals surface area contributed by atoms with E-state index < -0.39 is 0 Å². The van der Waals surface area contributed by atoms with Crippen molar-refractivity contribution in [2.75, 3.05) is 0 Å². The van der Waals surface area contributed by atoms with Gasteiger partial charge >= 0.3 is 0 Å². The van der Waals surface area contributed by atoms with Crippen molar-refractivity contribution in [3.8, 4) is 22.4 Å². The summed E-state index contributed by atoms with van der Waals surface area (Å²) in [5.41, 5.74) is 13.2. The van der Waals surface area contributed by atoms with Crippen molar-refractivity contribution in [1.29, 1.82) is 0 Å². The van der Waals surface area contributed by atoms with E-state index in [2.05, 4.69) is 78.6 Å². The summed E-state index contributed by atoms with van der Waals surface area (Å²) in [5, 5.41) is 0. The van der Waals surface area contributed by atoms with Gasteiger partial charge in [-0.25, -0.2) is 4.99 Å². The van der Waals surface area contributed by atoms with Gasteiger partial charge in [0.2, 0.25) is 0 Å². The van der Waals surface area contributed by atoms with Crippen LogP contribution in [-0.2, 0) is 6.42 Å². The maximum Gasteiger partial charge on any atom is 0.0810 e. The highest BCUT2D eigenvalue weighted by Crippen LogP contribution is 2.40. The van der Waals surface area contributed by atoms with Gasteiger partial charge in [-0.1, -0.05) is 48.0 Å². The van der Waals surface area contributed by atoms with E-state index in [1.807, 2.05) is 12.3 Å². The van der Waals surface area contributed by atoms with Gasteiger partial charge in [0, 0.05) is 22.9 Å². The van der Waals surface area contributed by atoms with Crippen LogP contribution in [0, 0.1) is 6.92 Å². The van der Waals surface area contributed by atoms with Crippen LogP contribution in [0.3, 0.4) is 0 Å². The Hall–Kier alpha value is -3.52. The first-order chi connectivity index (χ1) is 13.8. The summed E-state index contributed by atoms with van der Waals surface area (Å²) < 4.78 is 0. The molecule has 28 heavy (non-hydrogen) atoms. The molecular weight excluding hydrogens is 340 g/mol. The number of rotatable bonds is 1. The van der Waals surface area contributed by atoms with Crippen LogP contribution in [0.4, 0.5) is 5.69 Å². The number of benzene rings is 3. The number of hydrogen-bond acceptors (Lipinski definition) is 2. The molecule has 0 unspecified atom stereocenters. The molecular formula is C26H18N2. The predicted molar refractivity (Wildman–Crippen MR) is 114 cm³/mol. The van der Waals surface area contributed by atoms with Crippen molar-refractivity contribution in [3.63, 3.8) is 0 Å². The van der Waals surface area contributed by atoms with E-state index in [4.69, 9.17) is 4.99 Å². The number of nitrogens with zero attached hydrogens (tertiary/aromatic N) is 2. The molecule has 0 saturated carbocycles. The molecule has 0 bridgehead atoms. The molecule has 2 nitrogen and oxygen atoms in total. The summed E-state index contributed by atoms with van der Waals surface area (Å²) in [5.74, 6) is 0. The minimum absolute atomic E-state index is 0.995. The van der Waals surface area contributed by atoms with Gasteiger partial charge < -0.3 is 0 Å². The zero-order valence-corrected chi connectivity index (χ0v) is 15.6. The normalized spacial score (nSPS) is 14.5. The molecule has 6 rings (SSSR count). The van der Waals surface area contributed by atoms with Crippen LogP contribution in [0.2, 0.25) is 0 Å². The lowest BCUT2D eigenvalue weighted by atomic mass is 10.0. The molecule has 0 N–H and O–H groups in total. The molecule has 0 fully saturated rings. The number of hydrogen-bond donors (Lipinski definition) is 0. The van der Waals surface area contributed by atoms with E-state index in [0.717, 1.165) is 29.1 Å². The highest BCUT2D eigenvalue weighted by molar-refractivity contribution is 6.24. The highest BCUT2D eigenvalue weighted by Gasteiger charge is 2.26. The van der Waals surface area contributed by atoms with E-state index in [1.54, 1.807) is 0 Å². The average molecular weight is 358 g/mol. The summed E-state index contributed by atoms with van der Waals surface area (Å²) in [6.45, 7) is 2.13. The van der Waals surface area contributed by atoms with Crippen LogP contribution in [-0.4, -0.2) is 10.7 Å². The topological polar surface area (TPSA) is 25.2 Å². The lowest BCUT2D eigenvalue weighted by molar-refractivity contribution is 1.26. The molecule has 3 aromatic carbocycles. The molecule has 1 aromatic heterocycles. The van der Waals surface area contributed by atoms with Gasteiger partial charge in [-0.05, 0) is 65.9 Å². The first-order valence-electron chi connectivity index (χ1n) is 9.64. The van der Waals surface area contributed by atoms with E-state index in [0.29, 0.717) is 0 Å². The van der Waals surface area contributed by atoms with Crippen LogP contribution >= 0.6 is 0 Å². The molecule has 2 aliphatic rings. The summed E-state index contributed by atoms with van der Waals surface area (Å²) >= 11 is 0. The number of aromatic nitrogens is 1. The van der Waals surface area contributed by atoms with Gasteiger partial charge in [0.05, 0.1) is 17.1 Å². The number of pyridine rings is 1. The number of fused-ring (bicyclic) bond motifs is 6. The Labute approximate surface area is 164 Å². The summed E-state index contributed by atoms with van der Waals surface area (Å²) in [6.07, 6.45) is 2.87. The smallest absolute Gasteiger partial charge is 0.0810 e. The Morgan fingerprint density at radius 1 is 0.714 bits per heavy atom. The molecule has 2 aliphatic carbocycles. The molecule has 4 aromatic rings. The first-order valence-corrected chi connectivity index (χ1v) is 9.64. The highest BCUT2D eigenvalue weighted by atomic mass is 14.8. The maximum atomic E-state index is 5.11. The minimum Gasteiger partial charge on any atom is -0.256 e. The Kier molecular flexibility index (Phi) is 3.18. The molecule has 0 aliphatic heterocycles. The summed E-state index contributed by atoms with van der Waals surface area (Å²) in [4.78, 5) is 9.74. The predicted octanol–water partition coefficient (Wildman–Crippen LogP) is 6.11. The molecule has 132 valence electrons.